The van der Waals surface area contributed by atoms with Crippen molar-refractivity contribution in [2.24, 2.45) is 10.8 Å². The van der Waals surface area contributed by atoms with Crippen LogP contribution >= 0.6 is 11.3 Å². The van der Waals surface area contributed by atoms with Crippen LogP contribution < -0.4 is 25.0 Å². The van der Waals surface area contributed by atoms with Gasteiger partial charge < -0.3 is 64.0 Å². The van der Waals surface area contributed by atoms with Gasteiger partial charge in [-0.3, -0.25) is 38.9 Å². The Balaban J connectivity index is 0.731. The van der Waals surface area contributed by atoms with Gasteiger partial charge >= 0.3 is 24.0 Å². The molecular weight excluding hydrogens is 1300 g/mol. The van der Waals surface area contributed by atoms with Crippen LogP contribution in [0.3, 0.4) is 0 Å². The number of carbonyl (C=O) groups excluding carboxylic acids is 5. The van der Waals surface area contributed by atoms with Crippen molar-refractivity contribution in [2.45, 2.75) is 148 Å². The third-order valence-corrected chi connectivity index (χ3v) is 20.2. The minimum Gasteiger partial charge on any atom is -0.491 e. The van der Waals surface area contributed by atoms with E-state index in [-0.39, 0.29) is 131 Å². The molecule has 6 N–H and O–H groups in total. The molecule has 2 aliphatic carbocycles. The van der Waals surface area contributed by atoms with Gasteiger partial charge in [0.05, 0.1) is 47.9 Å². The van der Waals surface area contributed by atoms with Gasteiger partial charge in [-0.1, -0.05) is 55.9 Å². The van der Waals surface area contributed by atoms with E-state index in [0.29, 0.717) is 65.7 Å². The smallest absolute Gasteiger partial charge is 0.410 e. The summed E-state index contributed by atoms with van der Waals surface area (Å²) in [6.07, 6.45) is 6.09. The molecule has 2 saturated carbocycles. The Hall–Kier alpha value is -9.35. The molecule has 11 rings (SSSR count). The lowest BCUT2D eigenvalue weighted by Gasteiger charge is -2.58. The van der Waals surface area contributed by atoms with Gasteiger partial charge in [0.25, 0.3) is 17.7 Å². The molecule has 5 amide bonds. The fourth-order valence-corrected chi connectivity index (χ4v) is 15.5. The van der Waals surface area contributed by atoms with Crippen molar-refractivity contribution in [2.75, 3.05) is 69.4 Å². The summed E-state index contributed by atoms with van der Waals surface area (Å²) < 4.78 is 39.3. The minimum atomic E-state index is -1.30. The van der Waals surface area contributed by atoms with Crippen molar-refractivity contribution in [1.29, 1.82) is 0 Å². The molecule has 2 bridgehead atoms. The standard InChI is InChI=1S/C71H83N9O18S/c1-4-70(43-80-44(2)51(37-73-80)49-17-18-57(75-63(49)66(90)91)78-27-21-45-10-7-11-50(52(45)38-78)64(87)76-67-74-53-12-5-6-13-56(53)99-67)40-69(3)23-9-24-71(41-69,42-70)96-31-29-77(26-8-14-61(85)86)68(92)95-39-46-15-16-48(97-62-35-47(81)34-55(98-62)65(88)89)36-54(46)94-33-32-93-30-25-72-58(82)22-28-79-59(83)19-20-60(79)84/h5-7,10-13,15-20,36-37,47,55,62,81H,4,8-9,14,21-35,38-43H2,1-3H3,(H,72,82)(H,85,86)(H,88,89)(H,90,91)(H,74,76,87)/t47-,55-,62+,69?,70?,71?/m0/s1. The molecule has 6 heterocycles. The van der Waals surface area contributed by atoms with Crippen LogP contribution in [0.4, 0.5) is 15.7 Å². The number of aliphatic hydroxyl groups excluding tert-OH is 1. The van der Waals surface area contributed by atoms with E-state index in [1.807, 2.05) is 59.0 Å². The Bertz CT molecular complexity index is 3990. The zero-order valence-corrected chi connectivity index (χ0v) is 56.4. The van der Waals surface area contributed by atoms with Crippen LogP contribution in [-0.2, 0) is 69.0 Å². The lowest BCUT2D eigenvalue weighted by molar-refractivity contribution is -0.195. The van der Waals surface area contributed by atoms with Crippen molar-refractivity contribution >= 4 is 80.1 Å². The number of carboxylic acids is 3. The van der Waals surface area contributed by atoms with Crippen molar-refractivity contribution in [3.63, 3.8) is 0 Å². The molecule has 0 spiro atoms. The number of aromatic nitrogens is 4. The van der Waals surface area contributed by atoms with Crippen molar-refractivity contribution in [1.82, 2.24) is 34.9 Å². The van der Waals surface area contributed by atoms with E-state index in [1.165, 1.54) is 22.3 Å². The maximum absolute atomic E-state index is 14.2. The Morgan fingerprint density at radius 1 is 0.869 bits per heavy atom. The second-order valence-corrected chi connectivity index (χ2v) is 27.5. The van der Waals surface area contributed by atoms with Crippen molar-refractivity contribution < 1.29 is 87.2 Å². The number of amides is 5. The topological polar surface area (TPSA) is 350 Å². The molecule has 3 unspecified atom stereocenters. The highest BCUT2D eigenvalue weighted by molar-refractivity contribution is 7.22. The number of carbonyl (C=O) groups is 8. The summed E-state index contributed by atoms with van der Waals surface area (Å²) in [6, 6.07) is 21.6. The molecule has 5 aliphatic rings. The number of para-hydroxylation sites is 1. The zero-order chi connectivity index (χ0) is 70.0. The van der Waals surface area contributed by atoms with E-state index < -0.39 is 59.9 Å². The van der Waals surface area contributed by atoms with E-state index >= 15 is 0 Å². The molecule has 99 heavy (non-hydrogen) atoms. The second kappa shape index (κ2) is 31.2. The van der Waals surface area contributed by atoms with Gasteiger partial charge in [-0.05, 0) is 123 Å². The van der Waals surface area contributed by atoms with Gasteiger partial charge in [-0.2, -0.15) is 5.10 Å². The molecule has 526 valence electrons. The first kappa shape index (κ1) is 71.0. The monoisotopic (exact) mass is 1380 g/mol. The number of fused-ring (bicyclic) bond motifs is 4. The molecule has 0 radical (unpaired) electrons. The van der Waals surface area contributed by atoms with Crippen LogP contribution in [0, 0.1) is 17.8 Å². The first-order valence-corrected chi connectivity index (χ1v) is 34.3. The number of ether oxygens (including phenoxy) is 6. The fraction of sp³-hybridized carbons (Fsp3) is 0.479. The Morgan fingerprint density at radius 2 is 1.69 bits per heavy atom. The van der Waals surface area contributed by atoms with E-state index in [4.69, 9.17) is 38.5 Å². The quantitative estimate of drug-likeness (QED) is 0.0175. The molecule has 3 aromatic heterocycles. The van der Waals surface area contributed by atoms with Crippen LogP contribution in [0.25, 0.3) is 21.3 Å². The third kappa shape index (κ3) is 17.4. The average Bonchev–Trinajstić information content (AvgIpc) is 1.37. The predicted octanol–water partition coefficient (Wildman–Crippen LogP) is 8.56. The van der Waals surface area contributed by atoms with Gasteiger partial charge in [-0.15, -0.1) is 0 Å². The molecule has 3 fully saturated rings. The number of imide groups is 1. The SMILES string of the molecule is CCC1(Cn2ncc(-c3ccc(N4CCc5cccc(C(=O)Nc6nc7ccccc7s6)c5C4)nc3C(=O)O)c2C)CC2(C)CCCC(OCCN(CCCC(=O)O)C(=O)OCc3ccc(O[C@H]4C[C@@H](O)C[C@@H](C(=O)O)O4)cc3OCCOCCNC(=O)CCN3C(=O)C=CC3=O)(C2)C1. The van der Waals surface area contributed by atoms with E-state index in [0.717, 1.165) is 82.6 Å². The van der Waals surface area contributed by atoms with E-state index in [9.17, 15) is 58.8 Å². The van der Waals surface area contributed by atoms with Gasteiger partial charge in [0.1, 0.15) is 30.5 Å². The number of pyridine rings is 1. The number of aliphatic carboxylic acids is 2. The molecule has 1 saturated heterocycles. The maximum Gasteiger partial charge on any atom is 0.410 e. The molecule has 28 heteroatoms. The van der Waals surface area contributed by atoms with Gasteiger partial charge in [0.15, 0.2) is 16.9 Å². The largest absolute Gasteiger partial charge is 0.491 e. The number of benzene rings is 3. The number of carboxylic acid groups (broad SMARTS) is 3. The summed E-state index contributed by atoms with van der Waals surface area (Å²) in [5.41, 5.74) is 4.35. The summed E-state index contributed by atoms with van der Waals surface area (Å²) in [6.45, 7) is 7.99. The Labute approximate surface area is 575 Å². The number of aromatic carboxylic acids is 1. The normalized spacial score (nSPS) is 21.8. The third-order valence-electron chi connectivity index (χ3n) is 19.3. The number of thiazole rings is 1. The van der Waals surface area contributed by atoms with Crippen LogP contribution in [0.5, 0.6) is 11.5 Å². The lowest BCUT2D eigenvalue weighted by Crippen LogP contribution is -2.54. The number of nitrogens with one attached hydrogen (secondary N) is 2. The number of rotatable bonds is 31. The molecule has 6 atom stereocenters. The first-order chi connectivity index (χ1) is 47.6. The van der Waals surface area contributed by atoms with Crippen LogP contribution in [0.1, 0.15) is 134 Å². The number of aliphatic hydroxyl groups is 1. The first-order valence-electron chi connectivity index (χ1n) is 33.5. The highest BCUT2D eigenvalue weighted by atomic mass is 32.1. The minimum absolute atomic E-state index is 0.00502. The Kier molecular flexibility index (Phi) is 22.4. The number of nitrogens with zero attached hydrogens (tertiary/aromatic N) is 7. The molecule has 27 nitrogen and oxygen atoms in total. The average molecular weight is 1380 g/mol. The lowest BCUT2D eigenvalue weighted by atomic mass is 9.52. The predicted molar refractivity (Wildman–Crippen MR) is 360 cm³/mol. The summed E-state index contributed by atoms with van der Waals surface area (Å²) in [4.78, 5) is 115. The summed E-state index contributed by atoms with van der Waals surface area (Å²) >= 11 is 1.40. The summed E-state index contributed by atoms with van der Waals surface area (Å²) in [7, 11) is 0. The fourth-order valence-electron chi connectivity index (χ4n) is 14.6. The van der Waals surface area contributed by atoms with Crippen LogP contribution in [0.15, 0.2) is 91.1 Å². The van der Waals surface area contributed by atoms with Crippen molar-refractivity contribution in [3.8, 4) is 22.6 Å². The van der Waals surface area contributed by atoms with Gasteiger partial charge in [-0.25, -0.2) is 24.4 Å². The number of hydrogen-bond donors (Lipinski definition) is 6. The van der Waals surface area contributed by atoms with Crippen molar-refractivity contribution in [3.05, 3.63) is 125 Å². The van der Waals surface area contributed by atoms with E-state index in [1.54, 1.807) is 30.5 Å². The zero-order valence-electron chi connectivity index (χ0n) is 55.6. The van der Waals surface area contributed by atoms with Gasteiger partial charge in [0, 0.05) is 118 Å². The molecule has 6 aromatic rings. The molecular formula is C71H83N9O18S. The van der Waals surface area contributed by atoms with Crippen LogP contribution in [-0.4, -0.2) is 181 Å². The number of hydrogen-bond acceptors (Lipinski definition) is 20. The maximum atomic E-state index is 14.2. The molecule has 3 aliphatic heterocycles. The second-order valence-electron chi connectivity index (χ2n) is 26.5. The highest BCUT2D eigenvalue weighted by Crippen LogP contribution is 2.60. The molecule has 3 aromatic carbocycles. The van der Waals surface area contributed by atoms with Gasteiger partial charge in [0.2, 0.25) is 12.2 Å². The summed E-state index contributed by atoms with van der Waals surface area (Å²) in [5, 5.41) is 51.5. The summed E-state index contributed by atoms with van der Waals surface area (Å²) in [5.74, 6) is -4.21. The Morgan fingerprint density at radius 3 is 2.46 bits per heavy atom. The van der Waals surface area contributed by atoms with Crippen LogP contribution in [0.2, 0.25) is 0 Å². The highest BCUT2D eigenvalue weighted by Gasteiger charge is 2.55. The van der Waals surface area contributed by atoms with E-state index in [2.05, 4.69) is 29.5 Å². The number of anilines is 2.